The first kappa shape index (κ1) is 8.97. The van der Waals surface area contributed by atoms with Gasteiger partial charge in [0.25, 0.3) is 4.80 Å². The molecule has 68 valence electrons. The molecule has 0 bridgehead atoms. The molecule has 1 heterocycles. The summed E-state index contributed by atoms with van der Waals surface area (Å²) in [6.07, 6.45) is 1.56. The maximum absolute atomic E-state index is 8.61. The minimum Gasteiger partial charge on any atom is -0.439 e. The van der Waals surface area contributed by atoms with Crippen molar-refractivity contribution >= 4 is 15.9 Å². The second-order valence-electron chi connectivity index (χ2n) is 2.67. The van der Waals surface area contributed by atoms with E-state index in [4.69, 9.17) is 9.68 Å². The van der Waals surface area contributed by atoms with E-state index < -0.39 is 0 Å². The van der Waals surface area contributed by atoms with Crippen molar-refractivity contribution in [3.05, 3.63) is 40.9 Å². The van der Waals surface area contributed by atoms with Crippen LogP contribution in [0.15, 0.2) is 39.7 Å². The van der Waals surface area contributed by atoms with Gasteiger partial charge in [0.1, 0.15) is 12.0 Å². The lowest BCUT2D eigenvalue weighted by Gasteiger charge is -1.93. The zero-order chi connectivity index (χ0) is 9.97. The van der Waals surface area contributed by atoms with Gasteiger partial charge in [-0.3, -0.25) is 0 Å². The van der Waals surface area contributed by atoms with E-state index in [2.05, 4.69) is 27.0 Å². The number of hydrogen-bond donors (Lipinski definition) is 0. The number of nitrogens with zero attached hydrogens (tertiary/aromatic N) is 2. The molecule has 0 spiro atoms. The summed E-state index contributed by atoms with van der Waals surface area (Å²) in [5.74, 6) is 0. The van der Waals surface area contributed by atoms with E-state index in [1.807, 2.05) is 12.1 Å². The van der Waals surface area contributed by atoms with Crippen LogP contribution in [0.1, 0.15) is 5.56 Å². The predicted octanol–water partition coefficient (Wildman–Crippen LogP) is 2.98. The largest absolute Gasteiger partial charge is 0.439 e. The molecule has 0 amide bonds. The Bertz CT molecular complexity index is 482. The molecule has 4 heteroatoms. The smallest absolute Gasteiger partial charge is 0.264 e. The molecule has 1 aromatic heterocycles. The van der Waals surface area contributed by atoms with Crippen LogP contribution in [0, 0.1) is 11.3 Å². The first-order chi connectivity index (χ1) is 6.79. The minimum atomic E-state index is 0.455. The van der Waals surface area contributed by atoms with Gasteiger partial charge < -0.3 is 4.42 Å². The summed E-state index contributed by atoms with van der Waals surface area (Å²) in [6, 6.07) is 9.23. The van der Waals surface area contributed by atoms with Gasteiger partial charge in [0, 0.05) is 21.5 Å². The van der Waals surface area contributed by atoms with Crippen molar-refractivity contribution in [2.75, 3.05) is 0 Å². The van der Waals surface area contributed by atoms with Crippen LogP contribution in [0.3, 0.4) is 0 Å². The average Bonchev–Trinajstić information content (AvgIpc) is 2.65. The number of nitriles is 1. The van der Waals surface area contributed by atoms with Gasteiger partial charge in [-0.25, -0.2) is 4.98 Å². The zero-order valence-corrected chi connectivity index (χ0v) is 8.65. The molecule has 0 saturated heterocycles. The van der Waals surface area contributed by atoms with Crippen LogP contribution in [-0.2, 0) is 0 Å². The number of hydrogen-bond acceptors (Lipinski definition) is 3. The molecule has 14 heavy (non-hydrogen) atoms. The number of benzene rings is 1. The molecule has 3 nitrogen and oxygen atoms in total. The highest BCUT2D eigenvalue weighted by atomic mass is 79.9. The SMILES string of the molecule is N#Cc1ccc(-c2coc(Br)n2)cc1. The predicted molar refractivity (Wildman–Crippen MR) is 54.4 cm³/mol. The lowest BCUT2D eigenvalue weighted by Crippen LogP contribution is -1.78. The van der Waals surface area contributed by atoms with Crippen LogP contribution in [-0.4, -0.2) is 4.98 Å². The van der Waals surface area contributed by atoms with Crippen molar-refractivity contribution in [2.45, 2.75) is 0 Å². The van der Waals surface area contributed by atoms with Crippen molar-refractivity contribution in [1.82, 2.24) is 4.98 Å². The molecule has 0 atom stereocenters. The highest BCUT2D eigenvalue weighted by Crippen LogP contribution is 2.20. The fraction of sp³-hybridized carbons (Fsp3) is 0. The molecule has 2 rings (SSSR count). The third kappa shape index (κ3) is 1.68. The molecule has 0 saturated carbocycles. The van der Waals surface area contributed by atoms with E-state index in [1.165, 1.54) is 0 Å². The molecule has 0 aliphatic rings. The molecular formula is C10H5BrN2O. The van der Waals surface area contributed by atoms with Crippen LogP contribution in [0.4, 0.5) is 0 Å². The summed E-state index contributed by atoms with van der Waals surface area (Å²) in [4.78, 5) is 4.56. The molecular weight excluding hydrogens is 244 g/mol. The monoisotopic (exact) mass is 248 g/mol. The summed E-state index contributed by atoms with van der Waals surface area (Å²) < 4.78 is 5.02. The standard InChI is InChI=1S/C10H5BrN2O/c11-10-13-9(6-14-10)8-3-1-7(5-12)2-4-8/h1-4,6H. The van der Waals surface area contributed by atoms with Crippen LogP contribution >= 0.6 is 15.9 Å². The van der Waals surface area contributed by atoms with Crippen molar-refractivity contribution in [3.63, 3.8) is 0 Å². The second kappa shape index (κ2) is 3.64. The fourth-order valence-electron chi connectivity index (χ4n) is 1.10. The summed E-state index contributed by atoms with van der Waals surface area (Å²) in [7, 11) is 0. The zero-order valence-electron chi connectivity index (χ0n) is 7.07. The van der Waals surface area contributed by atoms with E-state index >= 15 is 0 Å². The summed E-state index contributed by atoms with van der Waals surface area (Å²) in [6.45, 7) is 0. The molecule has 1 aromatic carbocycles. The molecule has 0 aliphatic carbocycles. The Labute approximate surface area is 89.1 Å². The molecule has 0 radical (unpaired) electrons. The first-order valence-electron chi connectivity index (χ1n) is 3.91. The number of aromatic nitrogens is 1. The van der Waals surface area contributed by atoms with E-state index in [9.17, 15) is 0 Å². The van der Waals surface area contributed by atoms with Gasteiger partial charge in [-0.1, -0.05) is 12.1 Å². The van der Waals surface area contributed by atoms with Gasteiger partial charge >= 0.3 is 0 Å². The normalized spacial score (nSPS) is 9.71. The quantitative estimate of drug-likeness (QED) is 0.780. The molecule has 0 N–H and O–H groups in total. The average molecular weight is 249 g/mol. The summed E-state index contributed by atoms with van der Waals surface area (Å²) >= 11 is 3.13. The Kier molecular flexibility index (Phi) is 2.33. The van der Waals surface area contributed by atoms with Gasteiger partial charge in [0.15, 0.2) is 0 Å². The van der Waals surface area contributed by atoms with Crippen LogP contribution < -0.4 is 0 Å². The van der Waals surface area contributed by atoms with Crippen LogP contribution in [0.25, 0.3) is 11.3 Å². The highest BCUT2D eigenvalue weighted by Gasteiger charge is 2.03. The minimum absolute atomic E-state index is 0.455. The maximum atomic E-state index is 8.61. The van der Waals surface area contributed by atoms with Crippen LogP contribution in [0.2, 0.25) is 0 Å². The lowest BCUT2D eigenvalue weighted by molar-refractivity contribution is 0.529. The van der Waals surface area contributed by atoms with Crippen molar-refractivity contribution in [1.29, 1.82) is 5.26 Å². The van der Waals surface area contributed by atoms with Crippen LogP contribution in [0.5, 0.6) is 0 Å². The second-order valence-corrected chi connectivity index (χ2v) is 3.35. The van der Waals surface area contributed by atoms with E-state index in [0.29, 0.717) is 10.4 Å². The Balaban J connectivity index is 2.39. The van der Waals surface area contributed by atoms with E-state index in [0.717, 1.165) is 11.3 Å². The Hall–Kier alpha value is -1.60. The van der Waals surface area contributed by atoms with Gasteiger partial charge in [0.05, 0.1) is 11.6 Å². The van der Waals surface area contributed by atoms with E-state index in [-0.39, 0.29) is 0 Å². The summed E-state index contributed by atoms with van der Waals surface area (Å²) in [5.41, 5.74) is 2.32. The molecule has 0 unspecified atom stereocenters. The Morgan fingerprint density at radius 2 is 2.00 bits per heavy atom. The van der Waals surface area contributed by atoms with Crippen molar-refractivity contribution < 1.29 is 4.42 Å². The number of oxazole rings is 1. The molecule has 2 aromatic rings. The fourth-order valence-corrected chi connectivity index (χ4v) is 1.38. The van der Waals surface area contributed by atoms with Gasteiger partial charge in [-0.15, -0.1) is 0 Å². The van der Waals surface area contributed by atoms with Gasteiger partial charge in [0.2, 0.25) is 0 Å². The van der Waals surface area contributed by atoms with Crippen molar-refractivity contribution in [3.8, 4) is 17.3 Å². The third-order valence-electron chi connectivity index (χ3n) is 1.79. The van der Waals surface area contributed by atoms with E-state index in [1.54, 1.807) is 18.4 Å². The lowest BCUT2D eigenvalue weighted by atomic mass is 10.1. The third-order valence-corrected chi connectivity index (χ3v) is 2.15. The molecule has 0 fully saturated rings. The Morgan fingerprint density at radius 3 is 2.50 bits per heavy atom. The van der Waals surface area contributed by atoms with Crippen molar-refractivity contribution in [2.24, 2.45) is 0 Å². The number of halogens is 1. The topological polar surface area (TPSA) is 49.8 Å². The maximum Gasteiger partial charge on any atom is 0.264 e. The first-order valence-corrected chi connectivity index (χ1v) is 4.70. The van der Waals surface area contributed by atoms with Gasteiger partial charge in [-0.2, -0.15) is 5.26 Å². The molecule has 0 aliphatic heterocycles. The highest BCUT2D eigenvalue weighted by molar-refractivity contribution is 9.10. The number of rotatable bonds is 1. The van der Waals surface area contributed by atoms with Gasteiger partial charge in [-0.05, 0) is 12.1 Å². The summed E-state index contributed by atoms with van der Waals surface area (Å²) in [5, 5.41) is 8.61. The Morgan fingerprint density at radius 1 is 1.29 bits per heavy atom.